The summed E-state index contributed by atoms with van der Waals surface area (Å²) < 4.78 is 5.07. The molecule has 2 aliphatic rings. The van der Waals surface area contributed by atoms with E-state index in [0.29, 0.717) is 19.7 Å². The van der Waals surface area contributed by atoms with E-state index in [1.165, 1.54) is 5.56 Å². The lowest BCUT2D eigenvalue weighted by atomic mass is 9.96. The van der Waals surface area contributed by atoms with E-state index in [-0.39, 0.29) is 24.0 Å². The van der Waals surface area contributed by atoms with Gasteiger partial charge in [0.15, 0.2) is 0 Å². The van der Waals surface area contributed by atoms with Crippen molar-refractivity contribution < 1.29 is 14.3 Å². The number of amides is 2. The molecule has 6 heteroatoms. The Labute approximate surface area is 161 Å². The molecule has 1 atom stereocenters. The van der Waals surface area contributed by atoms with Crippen LogP contribution in [0.1, 0.15) is 38.2 Å². The Balaban J connectivity index is 1.42. The van der Waals surface area contributed by atoms with Gasteiger partial charge in [-0.1, -0.05) is 30.3 Å². The summed E-state index contributed by atoms with van der Waals surface area (Å²) in [5, 5.41) is 3.22. The minimum Gasteiger partial charge on any atom is -0.450 e. The number of hydrogen-bond donors (Lipinski definition) is 1. The Morgan fingerprint density at radius 3 is 2.56 bits per heavy atom. The second-order valence-electron chi connectivity index (χ2n) is 7.53. The Hall–Kier alpha value is -2.08. The van der Waals surface area contributed by atoms with E-state index in [9.17, 15) is 9.59 Å². The highest BCUT2D eigenvalue weighted by atomic mass is 16.6. The number of benzene rings is 1. The van der Waals surface area contributed by atoms with Gasteiger partial charge in [0.25, 0.3) is 0 Å². The van der Waals surface area contributed by atoms with Gasteiger partial charge < -0.3 is 15.0 Å². The number of nitrogens with one attached hydrogen (secondary N) is 1. The van der Waals surface area contributed by atoms with Gasteiger partial charge in [-0.15, -0.1) is 0 Å². The molecule has 1 unspecified atom stereocenters. The minimum absolute atomic E-state index is 0.0884. The number of rotatable bonds is 5. The van der Waals surface area contributed by atoms with E-state index in [1.807, 2.05) is 6.07 Å². The Bertz CT molecular complexity index is 614. The summed E-state index contributed by atoms with van der Waals surface area (Å²) in [6, 6.07) is 10.7. The lowest BCUT2D eigenvalue weighted by molar-refractivity contribution is -0.127. The largest absolute Gasteiger partial charge is 0.450 e. The first kappa shape index (κ1) is 19.7. The van der Waals surface area contributed by atoms with Crippen LogP contribution in [-0.2, 0) is 16.1 Å². The van der Waals surface area contributed by atoms with Gasteiger partial charge in [-0.25, -0.2) is 4.79 Å². The van der Waals surface area contributed by atoms with Crippen LogP contribution in [0.5, 0.6) is 0 Å². The summed E-state index contributed by atoms with van der Waals surface area (Å²) in [5.41, 5.74) is 1.33. The van der Waals surface area contributed by atoms with E-state index < -0.39 is 0 Å². The van der Waals surface area contributed by atoms with Gasteiger partial charge >= 0.3 is 6.09 Å². The zero-order valence-electron chi connectivity index (χ0n) is 16.2. The molecule has 0 bridgehead atoms. The Morgan fingerprint density at radius 1 is 1.11 bits per heavy atom. The molecular weight excluding hydrogens is 342 g/mol. The van der Waals surface area contributed by atoms with E-state index in [1.54, 1.807) is 11.8 Å². The monoisotopic (exact) mass is 373 g/mol. The summed E-state index contributed by atoms with van der Waals surface area (Å²) in [7, 11) is 0. The molecule has 2 fully saturated rings. The van der Waals surface area contributed by atoms with Gasteiger partial charge in [0.05, 0.1) is 12.5 Å². The predicted octanol–water partition coefficient (Wildman–Crippen LogP) is 2.64. The summed E-state index contributed by atoms with van der Waals surface area (Å²) in [4.78, 5) is 28.7. The van der Waals surface area contributed by atoms with Gasteiger partial charge in [-0.3, -0.25) is 9.69 Å². The fourth-order valence-electron chi connectivity index (χ4n) is 3.97. The molecule has 2 amide bonds. The second-order valence-corrected chi connectivity index (χ2v) is 7.53. The van der Waals surface area contributed by atoms with Gasteiger partial charge in [-0.2, -0.15) is 0 Å². The highest BCUT2D eigenvalue weighted by Crippen LogP contribution is 2.19. The van der Waals surface area contributed by atoms with Gasteiger partial charge in [0, 0.05) is 38.8 Å². The fourth-order valence-corrected chi connectivity index (χ4v) is 3.97. The number of likely N-dealkylation sites (tertiary alicyclic amines) is 2. The summed E-state index contributed by atoms with van der Waals surface area (Å²) >= 11 is 0. The van der Waals surface area contributed by atoms with Crippen LogP contribution in [0.3, 0.4) is 0 Å². The Morgan fingerprint density at radius 2 is 1.85 bits per heavy atom. The molecule has 0 aromatic heterocycles. The van der Waals surface area contributed by atoms with Crippen LogP contribution in [0.4, 0.5) is 4.79 Å². The maximum Gasteiger partial charge on any atom is 0.409 e. The number of hydrogen-bond acceptors (Lipinski definition) is 4. The SMILES string of the molecule is CCOC(=O)N1CCCC(C(=O)NC2CCN(Cc3ccccc3)CC2)C1. The molecule has 0 aliphatic carbocycles. The summed E-state index contributed by atoms with van der Waals surface area (Å²) in [5.74, 6) is -0.0315. The average molecular weight is 373 g/mol. The molecule has 3 rings (SSSR count). The maximum absolute atomic E-state index is 12.7. The van der Waals surface area contributed by atoms with Crippen molar-refractivity contribution in [3.05, 3.63) is 35.9 Å². The first-order valence-electron chi connectivity index (χ1n) is 10.1. The van der Waals surface area contributed by atoms with Crippen molar-refractivity contribution in [2.24, 2.45) is 5.92 Å². The third-order valence-electron chi connectivity index (χ3n) is 5.50. The van der Waals surface area contributed by atoms with Crippen molar-refractivity contribution in [1.82, 2.24) is 15.1 Å². The first-order valence-corrected chi connectivity index (χ1v) is 10.1. The van der Waals surface area contributed by atoms with Gasteiger partial charge in [0.1, 0.15) is 0 Å². The van der Waals surface area contributed by atoms with Crippen molar-refractivity contribution in [1.29, 1.82) is 0 Å². The van der Waals surface area contributed by atoms with E-state index in [0.717, 1.165) is 45.3 Å². The normalized spacial score (nSPS) is 21.7. The Kier molecular flexibility index (Phi) is 7.10. The number of nitrogens with zero attached hydrogens (tertiary/aromatic N) is 2. The molecule has 0 radical (unpaired) electrons. The molecule has 148 valence electrons. The number of ether oxygens (including phenoxy) is 1. The van der Waals surface area contributed by atoms with Crippen LogP contribution in [0.2, 0.25) is 0 Å². The molecule has 1 aromatic carbocycles. The highest BCUT2D eigenvalue weighted by Gasteiger charge is 2.30. The van der Waals surface area contributed by atoms with E-state index in [2.05, 4.69) is 34.5 Å². The van der Waals surface area contributed by atoms with Crippen LogP contribution in [0, 0.1) is 5.92 Å². The maximum atomic E-state index is 12.7. The quantitative estimate of drug-likeness (QED) is 0.862. The summed E-state index contributed by atoms with van der Waals surface area (Å²) in [6.07, 6.45) is 3.35. The molecule has 2 aliphatic heterocycles. The molecule has 0 saturated carbocycles. The zero-order valence-corrected chi connectivity index (χ0v) is 16.2. The average Bonchev–Trinajstić information content (AvgIpc) is 2.70. The first-order chi connectivity index (χ1) is 13.2. The predicted molar refractivity (Wildman–Crippen MR) is 104 cm³/mol. The van der Waals surface area contributed by atoms with Crippen LogP contribution in [-0.4, -0.2) is 60.6 Å². The molecule has 0 spiro atoms. The van der Waals surface area contributed by atoms with Gasteiger partial charge in [0.2, 0.25) is 5.91 Å². The van der Waals surface area contributed by atoms with Crippen molar-refractivity contribution in [2.75, 3.05) is 32.8 Å². The zero-order chi connectivity index (χ0) is 19.1. The summed E-state index contributed by atoms with van der Waals surface area (Å²) in [6.45, 7) is 6.29. The highest BCUT2D eigenvalue weighted by molar-refractivity contribution is 5.80. The molecule has 2 heterocycles. The van der Waals surface area contributed by atoms with E-state index >= 15 is 0 Å². The molecule has 6 nitrogen and oxygen atoms in total. The van der Waals surface area contributed by atoms with Crippen molar-refractivity contribution in [3.8, 4) is 0 Å². The van der Waals surface area contributed by atoms with Crippen LogP contribution in [0.25, 0.3) is 0 Å². The standard InChI is InChI=1S/C21H31N3O3/c1-2-27-21(26)24-12-6-9-18(16-24)20(25)22-19-10-13-23(14-11-19)15-17-7-4-3-5-8-17/h3-5,7-8,18-19H,2,6,9-16H2,1H3,(H,22,25). The van der Waals surface area contributed by atoms with Crippen LogP contribution >= 0.6 is 0 Å². The van der Waals surface area contributed by atoms with E-state index in [4.69, 9.17) is 4.74 Å². The van der Waals surface area contributed by atoms with Crippen molar-refractivity contribution in [2.45, 2.75) is 45.2 Å². The third-order valence-corrected chi connectivity index (χ3v) is 5.50. The minimum atomic E-state index is -0.302. The van der Waals surface area contributed by atoms with Gasteiger partial charge in [-0.05, 0) is 38.2 Å². The third kappa shape index (κ3) is 5.70. The van der Waals surface area contributed by atoms with Crippen molar-refractivity contribution >= 4 is 12.0 Å². The lowest BCUT2D eigenvalue weighted by Gasteiger charge is -2.35. The molecule has 1 N–H and O–H groups in total. The van der Waals surface area contributed by atoms with Crippen molar-refractivity contribution in [3.63, 3.8) is 0 Å². The fraction of sp³-hybridized carbons (Fsp3) is 0.619. The number of carbonyl (C=O) groups is 2. The lowest BCUT2D eigenvalue weighted by Crippen LogP contribution is -2.50. The second kappa shape index (κ2) is 9.74. The van der Waals surface area contributed by atoms with Crippen LogP contribution < -0.4 is 5.32 Å². The molecule has 27 heavy (non-hydrogen) atoms. The number of piperidine rings is 2. The van der Waals surface area contributed by atoms with Crippen LogP contribution in [0.15, 0.2) is 30.3 Å². The smallest absolute Gasteiger partial charge is 0.409 e. The topological polar surface area (TPSA) is 61.9 Å². The molecule has 2 saturated heterocycles. The molecular formula is C21H31N3O3. The number of carbonyl (C=O) groups excluding carboxylic acids is 2. The molecule has 1 aromatic rings.